The number of nitrogens with zero attached hydrogens (tertiary/aromatic N) is 4. The molecule has 2 aliphatic rings. The third-order valence-electron chi connectivity index (χ3n) is 7.96. The minimum absolute atomic E-state index is 0. The van der Waals surface area contributed by atoms with Gasteiger partial charge < -0.3 is 20.6 Å². The molecule has 0 aromatic heterocycles. The summed E-state index contributed by atoms with van der Waals surface area (Å²) >= 11 is 0. The summed E-state index contributed by atoms with van der Waals surface area (Å²) in [5.74, 6) is 0.490. The Hall–Kier alpha value is -2.26. The smallest absolute Gasteiger partial charge is 0.124 e. The van der Waals surface area contributed by atoms with Crippen LogP contribution in [0.15, 0.2) is 58.5 Å². The van der Waals surface area contributed by atoms with E-state index in [4.69, 9.17) is 0 Å². The number of benzene rings is 2. The SMILES string of the molecule is CC1(C)CC(N=Cc2ccccc2O)CC(C)(C)N1O.CC1(C)CC(N=Cc2ccccc2O)CC(C)(C)N1O.[Cu]. The maximum absolute atomic E-state index is 10.3. The van der Waals surface area contributed by atoms with E-state index in [0.717, 1.165) is 36.8 Å². The molecule has 2 saturated heterocycles. The average Bonchev–Trinajstić information content (AvgIpc) is 2.85. The Kier molecular flexibility index (Phi) is 11.4. The number of rotatable bonds is 4. The van der Waals surface area contributed by atoms with Crippen molar-refractivity contribution in [2.45, 2.75) is 115 Å². The van der Waals surface area contributed by atoms with Crippen molar-refractivity contribution in [2.24, 2.45) is 9.98 Å². The molecule has 2 fully saturated rings. The predicted molar refractivity (Wildman–Crippen MR) is 161 cm³/mol. The molecule has 0 spiro atoms. The Bertz CT molecular complexity index is 1080. The third-order valence-corrected chi connectivity index (χ3v) is 7.96. The zero-order valence-electron chi connectivity index (χ0n) is 25.6. The quantitative estimate of drug-likeness (QED) is 0.233. The van der Waals surface area contributed by atoms with E-state index in [1.54, 1.807) is 36.7 Å². The van der Waals surface area contributed by atoms with Gasteiger partial charge in [-0.1, -0.05) is 24.3 Å². The molecule has 4 N–H and O–H groups in total. The fraction of sp³-hybridized carbons (Fsp3) is 0.562. The first-order valence-electron chi connectivity index (χ1n) is 14.1. The molecule has 8 nitrogen and oxygen atoms in total. The van der Waals surface area contributed by atoms with Gasteiger partial charge in [-0.2, -0.15) is 10.1 Å². The number of hydrogen-bond acceptors (Lipinski definition) is 8. The number of piperidine rings is 2. The van der Waals surface area contributed by atoms with Gasteiger partial charge >= 0.3 is 0 Å². The normalized spacial score (nSPS) is 22.7. The molecule has 0 bridgehead atoms. The summed E-state index contributed by atoms with van der Waals surface area (Å²) in [4.78, 5) is 9.23. The number of aliphatic imine (C=N–C) groups is 2. The van der Waals surface area contributed by atoms with Gasteiger partial charge in [0.15, 0.2) is 0 Å². The van der Waals surface area contributed by atoms with Crippen molar-refractivity contribution in [1.29, 1.82) is 0 Å². The number of phenolic OH excluding ortho intramolecular Hbond substituents is 2. The molecule has 1 radical (unpaired) electrons. The van der Waals surface area contributed by atoms with Crippen LogP contribution in [0.5, 0.6) is 11.5 Å². The van der Waals surface area contributed by atoms with Crippen LogP contribution in [0, 0.1) is 0 Å². The van der Waals surface area contributed by atoms with E-state index in [2.05, 4.69) is 9.98 Å². The van der Waals surface area contributed by atoms with Crippen molar-refractivity contribution in [3.8, 4) is 11.5 Å². The maximum atomic E-state index is 10.3. The van der Waals surface area contributed by atoms with Gasteiger partial charge in [0.1, 0.15) is 11.5 Å². The van der Waals surface area contributed by atoms with Crippen LogP contribution in [0.4, 0.5) is 0 Å². The van der Waals surface area contributed by atoms with Crippen LogP contribution in [0.1, 0.15) is 92.2 Å². The molecule has 41 heavy (non-hydrogen) atoms. The van der Waals surface area contributed by atoms with Crippen LogP contribution in [-0.4, -0.2) is 77.4 Å². The van der Waals surface area contributed by atoms with Gasteiger partial charge in [0.2, 0.25) is 0 Å². The molecule has 0 amide bonds. The van der Waals surface area contributed by atoms with E-state index in [9.17, 15) is 20.6 Å². The first kappa shape index (κ1) is 34.9. The van der Waals surface area contributed by atoms with E-state index in [1.807, 2.05) is 79.7 Å². The monoisotopic (exact) mass is 615 g/mol. The zero-order valence-corrected chi connectivity index (χ0v) is 26.6. The van der Waals surface area contributed by atoms with E-state index >= 15 is 0 Å². The van der Waals surface area contributed by atoms with E-state index in [-0.39, 0.29) is 62.8 Å². The molecule has 4 rings (SSSR count). The number of hydroxylamine groups is 4. The van der Waals surface area contributed by atoms with Crippen LogP contribution in [0.25, 0.3) is 0 Å². The van der Waals surface area contributed by atoms with Gasteiger partial charge in [0.05, 0.1) is 12.1 Å². The Morgan fingerprint density at radius 3 is 1.12 bits per heavy atom. The topological polar surface area (TPSA) is 112 Å². The summed E-state index contributed by atoms with van der Waals surface area (Å²) in [5, 5.41) is 42.9. The van der Waals surface area contributed by atoms with Crippen molar-refractivity contribution in [1.82, 2.24) is 10.1 Å². The van der Waals surface area contributed by atoms with Crippen molar-refractivity contribution in [3.05, 3.63) is 59.7 Å². The molecule has 0 saturated carbocycles. The largest absolute Gasteiger partial charge is 0.507 e. The first-order chi connectivity index (χ1) is 18.4. The summed E-state index contributed by atoms with van der Waals surface area (Å²) in [6.07, 6.45) is 6.63. The maximum Gasteiger partial charge on any atom is 0.124 e. The number of para-hydroxylation sites is 2. The van der Waals surface area contributed by atoms with Crippen molar-refractivity contribution in [2.75, 3.05) is 0 Å². The summed E-state index contributed by atoms with van der Waals surface area (Å²) < 4.78 is 0. The van der Waals surface area contributed by atoms with E-state index in [0.29, 0.717) is 0 Å². The zero-order chi connectivity index (χ0) is 29.9. The summed E-state index contributed by atoms with van der Waals surface area (Å²) in [6.45, 7) is 16.2. The predicted octanol–water partition coefficient (Wildman–Crippen LogP) is 6.44. The van der Waals surface area contributed by atoms with Gasteiger partial charge in [-0.25, -0.2) is 0 Å². The second-order valence-electron chi connectivity index (χ2n) is 13.7. The van der Waals surface area contributed by atoms with Gasteiger partial charge in [0, 0.05) is 62.8 Å². The molecule has 2 aromatic carbocycles. The molecule has 0 atom stereocenters. The average molecular weight is 616 g/mol. The van der Waals surface area contributed by atoms with Gasteiger partial charge in [-0.05, 0) is 105 Å². The molecule has 9 heteroatoms. The minimum atomic E-state index is -0.303. The number of aromatic hydroxyl groups is 2. The number of hydrogen-bond donors (Lipinski definition) is 4. The molecule has 0 aliphatic carbocycles. The van der Waals surface area contributed by atoms with Crippen LogP contribution in [0.2, 0.25) is 0 Å². The Labute approximate surface area is 256 Å². The molecular formula is C32H48CuN4O4. The second-order valence-corrected chi connectivity index (χ2v) is 13.7. The summed E-state index contributed by atoms with van der Waals surface area (Å²) in [5.41, 5.74) is 0.250. The van der Waals surface area contributed by atoms with Crippen LogP contribution in [-0.2, 0) is 17.1 Å². The van der Waals surface area contributed by atoms with Gasteiger partial charge in [0.25, 0.3) is 0 Å². The Morgan fingerprint density at radius 2 is 0.854 bits per heavy atom. The van der Waals surface area contributed by atoms with Crippen LogP contribution in [0.3, 0.4) is 0 Å². The van der Waals surface area contributed by atoms with E-state index < -0.39 is 0 Å². The molecule has 2 aromatic rings. The first-order valence-corrected chi connectivity index (χ1v) is 14.1. The molecule has 231 valence electrons. The fourth-order valence-corrected chi connectivity index (χ4v) is 6.21. The van der Waals surface area contributed by atoms with Gasteiger partial charge in [-0.15, -0.1) is 0 Å². The van der Waals surface area contributed by atoms with Crippen molar-refractivity contribution in [3.63, 3.8) is 0 Å². The standard InChI is InChI=1S/2C16H24N2O2.Cu/c2*1-15(2)9-13(10-16(3,4)18(15)20)17-11-12-7-5-6-8-14(12)19;/h2*5-8,11,13,19-20H,9-10H2,1-4H3;. The third kappa shape index (κ3) is 8.87. The molecule has 0 unspecified atom stereocenters. The minimum Gasteiger partial charge on any atom is -0.507 e. The summed E-state index contributed by atoms with van der Waals surface area (Å²) in [7, 11) is 0. The molecule has 2 heterocycles. The van der Waals surface area contributed by atoms with Crippen LogP contribution < -0.4 is 0 Å². The molecule has 2 aliphatic heterocycles. The second kappa shape index (κ2) is 13.4. The molecular weight excluding hydrogens is 568 g/mol. The summed E-state index contributed by atoms with van der Waals surface area (Å²) in [6, 6.07) is 14.6. The van der Waals surface area contributed by atoms with Crippen molar-refractivity contribution < 1.29 is 37.7 Å². The van der Waals surface area contributed by atoms with Crippen molar-refractivity contribution >= 4 is 12.4 Å². The Balaban J connectivity index is 0.000000280. The number of phenols is 2. The van der Waals surface area contributed by atoms with Crippen LogP contribution >= 0.6 is 0 Å². The van der Waals surface area contributed by atoms with Gasteiger partial charge in [-0.3, -0.25) is 9.98 Å². The van der Waals surface area contributed by atoms with E-state index in [1.165, 1.54) is 10.1 Å². The fourth-order valence-electron chi connectivity index (χ4n) is 6.21. The Morgan fingerprint density at radius 1 is 0.585 bits per heavy atom.